The van der Waals surface area contributed by atoms with E-state index in [1.165, 1.54) is 17.4 Å². The Balaban J connectivity index is 1.55. The number of nitrogens with zero attached hydrogens (tertiary/aromatic N) is 2. The van der Waals surface area contributed by atoms with E-state index in [9.17, 15) is 8.42 Å². The van der Waals surface area contributed by atoms with Gasteiger partial charge in [0.05, 0.1) is 15.5 Å². The molecular formula is C30H27N3O2S2. The van der Waals surface area contributed by atoms with Crippen LogP contribution in [0.3, 0.4) is 0 Å². The van der Waals surface area contributed by atoms with Crippen molar-refractivity contribution in [1.82, 2.24) is 9.97 Å². The molecule has 5 nitrogen and oxygen atoms in total. The predicted molar refractivity (Wildman–Crippen MR) is 152 cm³/mol. The second-order valence-corrected chi connectivity index (χ2v) is 11.8. The minimum absolute atomic E-state index is 0.298. The third-order valence-corrected chi connectivity index (χ3v) is 8.39. The topological polar surface area (TPSA) is 72.0 Å². The Morgan fingerprint density at radius 2 is 1.57 bits per heavy atom. The SMILES string of the molecule is CCc1cccc(-c2nc(-c3ccc(S(C)(=O)=O)cc3)sc2-c2ccnc(NCc3ccccc3)c2)c1. The van der Waals surface area contributed by atoms with E-state index in [0.29, 0.717) is 11.4 Å². The van der Waals surface area contributed by atoms with Crippen LogP contribution >= 0.6 is 11.3 Å². The van der Waals surface area contributed by atoms with Gasteiger partial charge in [0.1, 0.15) is 10.8 Å². The third-order valence-electron chi connectivity index (χ3n) is 6.10. The van der Waals surface area contributed by atoms with Gasteiger partial charge >= 0.3 is 0 Å². The number of benzene rings is 3. The molecule has 0 fully saturated rings. The molecule has 0 saturated carbocycles. The molecule has 0 aliphatic rings. The van der Waals surface area contributed by atoms with Crippen LogP contribution in [-0.2, 0) is 22.8 Å². The van der Waals surface area contributed by atoms with Crippen LogP contribution in [0, 0.1) is 0 Å². The second-order valence-electron chi connectivity index (χ2n) is 8.82. The number of anilines is 1. The molecule has 0 aliphatic carbocycles. The maximum Gasteiger partial charge on any atom is 0.175 e. The van der Waals surface area contributed by atoms with Crippen molar-refractivity contribution in [1.29, 1.82) is 0 Å². The first-order chi connectivity index (χ1) is 17.9. The highest BCUT2D eigenvalue weighted by atomic mass is 32.2. The van der Waals surface area contributed by atoms with Gasteiger partial charge in [0, 0.05) is 30.1 Å². The summed E-state index contributed by atoms with van der Waals surface area (Å²) in [6.45, 7) is 2.83. The zero-order valence-corrected chi connectivity index (χ0v) is 22.3. The van der Waals surface area contributed by atoms with Gasteiger partial charge in [0.15, 0.2) is 9.84 Å². The quantitative estimate of drug-likeness (QED) is 0.234. The van der Waals surface area contributed by atoms with Crippen LogP contribution in [0.2, 0.25) is 0 Å². The average Bonchev–Trinajstić information content (AvgIpc) is 3.38. The molecule has 2 heterocycles. The number of rotatable bonds is 8. The van der Waals surface area contributed by atoms with Crippen molar-refractivity contribution in [2.24, 2.45) is 0 Å². The number of pyridine rings is 1. The minimum atomic E-state index is -3.26. The van der Waals surface area contributed by atoms with E-state index in [2.05, 4.69) is 59.7 Å². The maximum absolute atomic E-state index is 11.9. The van der Waals surface area contributed by atoms with Gasteiger partial charge in [-0.25, -0.2) is 18.4 Å². The fourth-order valence-corrected chi connectivity index (χ4v) is 5.79. The number of aryl methyl sites for hydroxylation is 1. The number of hydrogen-bond donors (Lipinski definition) is 1. The Morgan fingerprint density at radius 1 is 0.811 bits per heavy atom. The molecule has 0 radical (unpaired) electrons. The van der Waals surface area contributed by atoms with Gasteiger partial charge < -0.3 is 5.32 Å². The zero-order valence-electron chi connectivity index (χ0n) is 20.7. The summed E-state index contributed by atoms with van der Waals surface area (Å²) in [5.74, 6) is 0.794. The molecule has 1 N–H and O–H groups in total. The third kappa shape index (κ3) is 5.79. The lowest BCUT2D eigenvalue weighted by atomic mass is 10.0. The van der Waals surface area contributed by atoms with E-state index < -0.39 is 9.84 Å². The molecule has 0 aliphatic heterocycles. The lowest BCUT2D eigenvalue weighted by Crippen LogP contribution is -2.01. The Hall–Kier alpha value is -3.81. The van der Waals surface area contributed by atoms with E-state index >= 15 is 0 Å². The summed E-state index contributed by atoms with van der Waals surface area (Å²) in [4.78, 5) is 10.9. The molecule has 0 saturated heterocycles. The fourth-order valence-electron chi connectivity index (χ4n) is 4.08. The van der Waals surface area contributed by atoms with E-state index in [1.807, 2.05) is 42.6 Å². The summed E-state index contributed by atoms with van der Waals surface area (Å²) in [5, 5.41) is 4.26. The highest BCUT2D eigenvalue weighted by molar-refractivity contribution is 7.90. The first-order valence-electron chi connectivity index (χ1n) is 12.1. The first-order valence-corrected chi connectivity index (χ1v) is 14.8. The van der Waals surface area contributed by atoms with Crippen molar-refractivity contribution in [2.75, 3.05) is 11.6 Å². The number of hydrogen-bond acceptors (Lipinski definition) is 6. The zero-order chi connectivity index (χ0) is 25.8. The molecule has 186 valence electrons. The molecule has 0 bridgehead atoms. The van der Waals surface area contributed by atoms with Gasteiger partial charge in [0.2, 0.25) is 0 Å². The molecule has 7 heteroatoms. The van der Waals surface area contributed by atoms with Crippen molar-refractivity contribution in [2.45, 2.75) is 24.8 Å². The van der Waals surface area contributed by atoms with Crippen LogP contribution in [0.5, 0.6) is 0 Å². The lowest BCUT2D eigenvalue weighted by molar-refractivity contribution is 0.602. The van der Waals surface area contributed by atoms with E-state index in [4.69, 9.17) is 4.98 Å². The largest absolute Gasteiger partial charge is 0.366 e. The number of thiazole rings is 1. The number of nitrogens with one attached hydrogen (secondary N) is 1. The normalized spacial score (nSPS) is 11.4. The minimum Gasteiger partial charge on any atom is -0.366 e. The lowest BCUT2D eigenvalue weighted by Gasteiger charge is -2.08. The van der Waals surface area contributed by atoms with Gasteiger partial charge in [-0.15, -0.1) is 11.3 Å². The molecule has 37 heavy (non-hydrogen) atoms. The second kappa shape index (κ2) is 10.7. The van der Waals surface area contributed by atoms with Gasteiger partial charge in [-0.1, -0.05) is 67.6 Å². The highest BCUT2D eigenvalue weighted by Gasteiger charge is 2.18. The Kier molecular flexibility index (Phi) is 7.17. The first kappa shape index (κ1) is 24.9. The van der Waals surface area contributed by atoms with E-state index in [1.54, 1.807) is 23.5 Å². The Morgan fingerprint density at radius 3 is 2.30 bits per heavy atom. The summed E-state index contributed by atoms with van der Waals surface area (Å²) in [5.41, 5.74) is 6.30. The molecule has 0 atom stereocenters. The van der Waals surface area contributed by atoms with Crippen LogP contribution < -0.4 is 5.32 Å². The standard InChI is InChI=1S/C30H27N3O2S2/c1-3-21-10-7-11-24(18-21)28-29(36-30(33-28)23-12-14-26(15-13-23)37(2,34)35)25-16-17-31-27(19-25)32-20-22-8-5-4-6-9-22/h4-19H,3,20H2,1-2H3,(H,31,32). The van der Waals surface area contributed by atoms with Crippen molar-refractivity contribution >= 4 is 27.0 Å². The number of aromatic nitrogens is 2. The van der Waals surface area contributed by atoms with Crippen LogP contribution in [0.25, 0.3) is 32.3 Å². The predicted octanol–water partition coefficient (Wildman–Crippen LogP) is 7.12. The summed E-state index contributed by atoms with van der Waals surface area (Å²) in [6, 6.07) is 29.7. The fraction of sp³-hybridized carbons (Fsp3) is 0.133. The highest BCUT2D eigenvalue weighted by Crippen LogP contribution is 2.41. The molecule has 5 aromatic rings. The maximum atomic E-state index is 11.9. The smallest absolute Gasteiger partial charge is 0.175 e. The van der Waals surface area contributed by atoms with E-state index in [0.717, 1.165) is 44.5 Å². The van der Waals surface area contributed by atoms with Gasteiger partial charge in [-0.05, 0) is 53.4 Å². The van der Waals surface area contributed by atoms with Crippen molar-refractivity contribution in [3.8, 4) is 32.3 Å². The van der Waals surface area contributed by atoms with Gasteiger partial charge in [0.25, 0.3) is 0 Å². The van der Waals surface area contributed by atoms with Crippen molar-refractivity contribution < 1.29 is 8.42 Å². The Labute approximate surface area is 221 Å². The van der Waals surface area contributed by atoms with Gasteiger partial charge in [-0.3, -0.25) is 0 Å². The molecule has 0 spiro atoms. The number of sulfone groups is 1. The molecule has 3 aromatic carbocycles. The summed E-state index contributed by atoms with van der Waals surface area (Å²) in [7, 11) is -3.26. The van der Waals surface area contributed by atoms with E-state index in [-0.39, 0.29) is 0 Å². The summed E-state index contributed by atoms with van der Waals surface area (Å²) >= 11 is 1.59. The van der Waals surface area contributed by atoms with Crippen LogP contribution in [0.1, 0.15) is 18.1 Å². The van der Waals surface area contributed by atoms with Crippen LogP contribution in [0.15, 0.2) is 102 Å². The monoisotopic (exact) mass is 525 g/mol. The summed E-state index contributed by atoms with van der Waals surface area (Å²) in [6.07, 6.45) is 3.97. The Bertz CT molecular complexity index is 1630. The molecule has 5 rings (SSSR count). The van der Waals surface area contributed by atoms with Crippen LogP contribution in [0.4, 0.5) is 5.82 Å². The van der Waals surface area contributed by atoms with Crippen molar-refractivity contribution in [3.63, 3.8) is 0 Å². The van der Waals surface area contributed by atoms with Crippen LogP contribution in [-0.4, -0.2) is 24.6 Å². The average molecular weight is 526 g/mol. The molecular weight excluding hydrogens is 498 g/mol. The van der Waals surface area contributed by atoms with Gasteiger partial charge in [-0.2, -0.15) is 0 Å². The molecule has 0 unspecified atom stereocenters. The summed E-state index contributed by atoms with van der Waals surface area (Å²) < 4.78 is 23.8. The molecule has 2 aromatic heterocycles. The molecule has 0 amide bonds. The van der Waals surface area contributed by atoms with Crippen molar-refractivity contribution in [3.05, 3.63) is 108 Å².